The van der Waals surface area contributed by atoms with Crippen LogP contribution in [0.5, 0.6) is 0 Å². The number of carboxylic acid groups (broad SMARTS) is 1. The third kappa shape index (κ3) is 3.30. The zero-order valence-corrected chi connectivity index (χ0v) is 11.6. The van der Waals surface area contributed by atoms with E-state index in [4.69, 9.17) is 5.11 Å². The summed E-state index contributed by atoms with van der Waals surface area (Å²) in [5.74, 6) is 0.165. The molecule has 6 nitrogen and oxygen atoms in total. The molecule has 0 spiro atoms. The van der Waals surface area contributed by atoms with Gasteiger partial charge in [0.05, 0.1) is 12.0 Å². The molecule has 1 aliphatic carbocycles. The van der Waals surface area contributed by atoms with E-state index in [0.29, 0.717) is 5.92 Å². The van der Waals surface area contributed by atoms with Crippen molar-refractivity contribution in [1.29, 1.82) is 0 Å². The number of aromatic nitrogens is 4. The molecule has 0 amide bonds. The van der Waals surface area contributed by atoms with Gasteiger partial charge in [0, 0.05) is 6.42 Å². The lowest BCUT2D eigenvalue weighted by Gasteiger charge is -2.22. The van der Waals surface area contributed by atoms with Crippen LogP contribution in [0.15, 0.2) is 0 Å². The van der Waals surface area contributed by atoms with Crippen molar-refractivity contribution in [3.8, 4) is 0 Å². The summed E-state index contributed by atoms with van der Waals surface area (Å²) >= 11 is 0. The van der Waals surface area contributed by atoms with Crippen molar-refractivity contribution >= 4 is 5.97 Å². The molecule has 1 heterocycles. The second-order valence-electron chi connectivity index (χ2n) is 5.62. The van der Waals surface area contributed by atoms with Gasteiger partial charge in [0.1, 0.15) is 0 Å². The Morgan fingerprint density at radius 2 is 2.05 bits per heavy atom. The lowest BCUT2D eigenvalue weighted by atomic mass is 9.87. The quantitative estimate of drug-likeness (QED) is 0.882. The fourth-order valence-electron chi connectivity index (χ4n) is 2.73. The summed E-state index contributed by atoms with van der Waals surface area (Å²) in [5.41, 5.74) is 0. The number of tetrazole rings is 1. The molecule has 0 saturated heterocycles. The van der Waals surface area contributed by atoms with E-state index in [1.807, 2.05) is 6.92 Å². The van der Waals surface area contributed by atoms with Gasteiger partial charge >= 0.3 is 5.97 Å². The smallest absolute Gasteiger partial charge is 0.308 e. The highest BCUT2D eigenvalue weighted by atomic mass is 16.4. The van der Waals surface area contributed by atoms with E-state index < -0.39 is 11.9 Å². The van der Waals surface area contributed by atoms with Crippen molar-refractivity contribution in [3.05, 3.63) is 5.82 Å². The van der Waals surface area contributed by atoms with Gasteiger partial charge in [-0.05, 0) is 30.2 Å². The number of carbonyl (C=O) groups is 1. The SMILES string of the molecule is CC(C(=O)O)C(C)n1nnnc1CC1CCCCC1. The Morgan fingerprint density at radius 1 is 1.37 bits per heavy atom. The van der Waals surface area contributed by atoms with Gasteiger partial charge in [0.2, 0.25) is 0 Å². The zero-order chi connectivity index (χ0) is 13.8. The molecule has 1 aliphatic rings. The first-order valence-electron chi connectivity index (χ1n) is 7.09. The average molecular weight is 266 g/mol. The number of nitrogens with zero attached hydrogens (tertiary/aromatic N) is 4. The molecule has 1 aromatic heterocycles. The molecule has 2 atom stereocenters. The molecule has 0 radical (unpaired) electrons. The maximum absolute atomic E-state index is 11.1. The largest absolute Gasteiger partial charge is 0.481 e. The molecular formula is C13H22N4O2. The normalized spacial score (nSPS) is 20.1. The van der Waals surface area contributed by atoms with Gasteiger partial charge in [0.25, 0.3) is 0 Å². The molecular weight excluding hydrogens is 244 g/mol. The zero-order valence-electron chi connectivity index (χ0n) is 11.6. The standard InChI is InChI=1S/C13H22N4O2/c1-9(13(18)19)10(2)17-12(14-15-16-17)8-11-6-4-3-5-7-11/h9-11H,3-8H2,1-2H3,(H,18,19). The molecule has 1 fully saturated rings. The van der Waals surface area contributed by atoms with Gasteiger partial charge < -0.3 is 5.11 Å². The Labute approximate surface area is 113 Å². The molecule has 1 N–H and O–H groups in total. The third-order valence-electron chi connectivity index (χ3n) is 4.26. The average Bonchev–Trinajstić information content (AvgIpc) is 2.86. The van der Waals surface area contributed by atoms with Gasteiger partial charge in [-0.15, -0.1) is 5.10 Å². The highest BCUT2D eigenvalue weighted by molar-refractivity contribution is 5.70. The molecule has 2 unspecified atom stereocenters. The summed E-state index contributed by atoms with van der Waals surface area (Å²) in [6, 6.07) is -0.217. The lowest BCUT2D eigenvalue weighted by Crippen LogP contribution is -2.25. The fourth-order valence-corrected chi connectivity index (χ4v) is 2.73. The van der Waals surface area contributed by atoms with Crippen molar-refractivity contribution in [2.24, 2.45) is 11.8 Å². The van der Waals surface area contributed by atoms with Crippen LogP contribution in [0.4, 0.5) is 0 Å². The highest BCUT2D eigenvalue weighted by Crippen LogP contribution is 2.27. The maximum atomic E-state index is 11.1. The molecule has 0 aliphatic heterocycles. The Balaban J connectivity index is 2.06. The first kappa shape index (κ1) is 14.0. The van der Waals surface area contributed by atoms with E-state index in [1.165, 1.54) is 32.1 Å². The summed E-state index contributed by atoms with van der Waals surface area (Å²) < 4.78 is 1.69. The monoisotopic (exact) mass is 266 g/mol. The summed E-state index contributed by atoms with van der Waals surface area (Å²) in [7, 11) is 0. The molecule has 6 heteroatoms. The van der Waals surface area contributed by atoms with Crippen LogP contribution in [0.25, 0.3) is 0 Å². The summed E-state index contributed by atoms with van der Waals surface area (Å²) in [6.45, 7) is 3.55. The molecule has 1 aromatic rings. The highest BCUT2D eigenvalue weighted by Gasteiger charge is 2.25. The van der Waals surface area contributed by atoms with Crippen LogP contribution in [0.3, 0.4) is 0 Å². The summed E-state index contributed by atoms with van der Waals surface area (Å²) in [5, 5.41) is 20.9. The Morgan fingerprint density at radius 3 is 2.68 bits per heavy atom. The second-order valence-corrected chi connectivity index (χ2v) is 5.62. The van der Waals surface area contributed by atoms with E-state index in [-0.39, 0.29) is 6.04 Å². The van der Waals surface area contributed by atoms with Crippen molar-refractivity contribution in [3.63, 3.8) is 0 Å². The van der Waals surface area contributed by atoms with Crippen molar-refractivity contribution in [2.75, 3.05) is 0 Å². The van der Waals surface area contributed by atoms with Gasteiger partial charge in [-0.25, -0.2) is 4.68 Å². The second kappa shape index (κ2) is 6.12. The molecule has 19 heavy (non-hydrogen) atoms. The predicted molar refractivity (Wildman–Crippen MR) is 69.6 cm³/mol. The van der Waals surface area contributed by atoms with Crippen molar-refractivity contribution < 1.29 is 9.90 Å². The number of hydrogen-bond donors (Lipinski definition) is 1. The van der Waals surface area contributed by atoms with E-state index in [2.05, 4.69) is 15.5 Å². The molecule has 0 bridgehead atoms. The fraction of sp³-hybridized carbons (Fsp3) is 0.846. The first-order chi connectivity index (χ1) is 9.09. The van der Waals surface area contributed by atoms with E-state index in [9.17, 15) is 4.79 Å². The minimum absolute atomic E-state index is 0.217. The van der Waals surface area contributed by atoms with Crippen LogP contribution < -0.4 is 0 Å². The predicted octanol–water partition coefficient (Wildman–Crippen LogP) is 2.08. The van der Waals surface area contributed by atoms with E-state index >= 15 is 0 Å². The van der Waals surface area contributed by atoms with Crippen LogP contribution in [0, 0.1) is 11.8 Å². The molecule has 2 rings (SSSR count). The number of hydrogen-bond acceptors (Lipinski definition) is 4. The number of rotatable bonds is 5. The van der Waals surface area contributed by atoms with Crippen molar-refractivity contribution in [2.45, 2.75) is 58.4 Å². The topological polar surface area (TPSA) is 80.9 Å². The van der Waals surface area contributed by atoms with Gasteiger partial charge in [-0.3, -0.25) is 4.79 Å². The third-order valence-corrected chi connectivity index (χ3v) is 4.26. The minimum Gasteiger partial charge on any atom is -0.481 e. The Hall–Kier alpha value is -1.46. The molecule has 1 saturated carbocycles. The van der Waals surface area contributed by atoms with E-state index in [1.54, 1.807) is 11.6 Å². The van der Waals surface area contributed by atoms with Crippen LogP contribution in [0.1, 0.15) is 57.8 Å². The maximum Gasteiger partial charge on any atom is 0.308 e. The Kier molecular flexibility index (Phi) is 4.50. The van der Waals surface area contributed by atoms with Gasteiger partial charge in [-0.2, -0.15) is 0 Å². The molecule has 0 aromatic carbocycles. The lowest BCUT2D eigenvalue weighted by molar-refractivity contribution is -0.142. The Bertz CT molecular complexity index is 426. The molecule has 106 valence electrons. The van der Waals surface area contributed by atoms with Crippen LogP contribution in [0.2, 0.25) is 0 Å². The van der Waals surface area contributed by atoms with Crippen LogP contribution >= 0.6 is 0 Å². The van der Waals surface area contributed by atoms with Gasteiger partial charge in [0.15, 0.2) is 5.82 Å². The first-order valence-corrected chi connectivity index (χ1v) is 7.09. The van der Waals surface area contributed by atoms with Crippen molar-refractivity contribution in [1.82, 2.24) is 20.2 Å². The van der Waals surface area contributed by atoms with Crippen LogP contribution in [-0.4, -0.2) is 31.3 Å². The summed E-state index contributed by atoms with van der Waals surface area (Å²) in [4.78, 5) is 11.1. The van der Waals surface area contributed by atoms with E-state index in [0.717, 1.165) is 12.2 Å². The summed E-state index contributed by atoms with van der Waals surface area (Å²) in [6.07, 6.45) is 7.23. The van der Waals surface area contributed by atoms with Crippen LogP contribution in [-0.2, 0) is 11.2 Å². The number of aliphatic carboxylic acids is 1. The van der Waals surface area contributed by atoms with Gasteiger partial charge in [-0.1, -0.05) is 32.1 Å². The minimum atomic E-state index is -0.813. The number of carboxylic acids is 1.